The zero-order valence-corrected chi connectivity index (χ0v) is 14.1. The number of aromatic nitrogens is 1. The zero-order chi connectivity index (χ0) is 17.8. The van der Waals surface area contributed by atoms with E-state index in [0.29, 0.717) is 22.6 Å². The van der Waals surface area contributed by atoms with Gasteiger partial charge >= 0.3 is 5.97 Å². The predicted molar refractivity (Wildman–Crippen MR) is 89.1 cm³/mol. The maximum Gasteiger partial charge on any atom is 0.331 e. The minimum absolute atomic E-state index is 0.0504. The molecule has 0 fully saturated rings. The Bertz CT molecular complexity index is 845. The number of fused-ring (bicyclic) bond motifs is 1. The maximum atomic E-state index is 11.9. The highest BCUT2D eigenvalue weighted by atomic mass is 32.1. The van der Waals surface area contributed by atoms with Crippen molar-refractivity contribution in [3.8, 4) is 5.75 Å². The minimum Gasteiger partial charge on any atom is -0.467 e. The Morgan fingerprint density at radius 1 is 1.52 bits per heavy atom. The van der Waals surface area contributed by atoms with Gasteiger partial charge in [0, 0.05) is 34.7 Å². The van der Waals surface area contributed by atoms with Gasteiger partial charge in [-0.05, 0) is 13.0 Å². The SMILES string of the molecule is Cc1nc(/C=C/C(=O)OCc2cc([N+](=O)[O-])cc3c2OCOC3)cs1. The van der Waals surface area contributed by atoms with Crippen LogP contribution in [-0.4, -0.2) is 22.7 Å². The van der Waals surface area contributed by atoms with E-state index in [0.717, 1.165) is 5.01 Å². The molecule has 0 N–H and O–H groups in total. The smallest absolute Gasteiger partial charge is 0.331 e. The molecule has 0 amide bonds. The molecule has 8 nitrogen and oxygen atoms in total. The highest BCUT2D eigenvalue weighted by Gasteiger charge is 2.21. The molecule has 0 saturated heterocycles. The largest absolute Gasteiger partial charge is 0.467 e. The number of aryl methyl sites for hydroxylation is 1. The van der Waals surface area contributed by atoms with Crippen LogP contribution in [0.3, 0.4) is 0 Å². The fourth-order valence-electron chi connectivity index (χ4n) is 2.30. The van der Waals surface area contributed by atoms with Crippen molar-refractivity contribution in [2.24, 2.45) is 0 Å². The van der Waals surface area contributed by atoms with Crippen molar-refractivity contribution in [1.29, 1.82) is 0 Å². The van der Waals surface area contributed by atoms with E-state index in [1.54, 1.807) is 6.08 Å². The average molecular weight is 362 g/mol. The van der Waals surface area contributed by atoms with Gasteiger partial charge in [-0.1, -0.05) is 0 Å². The van der Waals surface area contributed by atoms with Crippen molar-refractivity contribution in [1.82, 2.24) is 4.98 Å². The number of nitro groups is 1. The third kappa shape index (κ3) is 4.20. The molecule has 2 aromatic rings. The molecular weight excluding hydrogens is 348 g/mol. The van der Waals surface area contributed by atoms with Crippen LogP contribution in [0.15, 0.2) is 23.6 Å². The molecule has 0 unspecified atom stereocenters. The third-order valence-corrected chi connectivity index (χ3v) is 4.17. The minimum atomic E-state index is -0.571. The quantitative estimate of drug-likeness (QED) is 0.349. The Morgan fingerprint density at radius 3 is 3.08 bits per heavy atom. The summed E-state index contributed by atoms with van der Waals surface area (Å²) in [6.07, 6.45) is 2.82. The maximum absolute atomic E-state index is 11.9. The number of nitrogens with zero attached hydrogens (tertiary/aromatic N) is 2. The summed E-state index contributed by atoms with van der Waals surface area (Å²) in [6.45, 7) is 1.99. The Labute approximate surface area is 146 Å². The van der Waals surface area contributed by atoms with E-state index >= 15 is 0 Å². The lowest BCUT2D eigenvalue weighted by Gasteiger charge is -2.20. The highest BCUT2D eigenvalue weighted by molar-refractivity contribution is 7.09. The predicted octanol–water partition coefficient (Wildman–Crippen LogP) is 2.98. The van der Waals surface area contributed by atoms with Gasteiger partial charge in [-0.15, -0.1) is 11.3 Å². The second kappa shape index (κ2) is 7.41. The number of thiazole rings is 1. The third-order valence-electron chi connectivity index (χ3n) is 3.38. The van der Waals surface area contributed by atoms with Crippen molar-refractivity contribution < 1.29 is 23.9 Å². The van der Waals surface area contributed by atoms with Crippen LogP contribution in [0.2, 0.25) is 0 Å². The molecule has 1 aromatic carbocycles. The van der Waals surface area contributed by atoms with E-state index in [1.807, 2.05) is 12.3 Å². The lowest BCUT2D eigenvalue weighted by molar-refractivity contribution is -0.385. The number of carbonyl (C=O) groups is 1. The van der Waals surface area contributed by atoms with Crippen molar-refractivity contribution >= 4 is 29.1 Å². The summed E-state index contributed by atoms with van der Waals surface area (Å²) in [4.78, 5) is 26.6. The molecule has 0 bridgehead atoms. The molecule has 0 aliphatic carbocycles. The van der Waals surface area contributed by atoms with Crippen LogP contribution in [0, 0.1) is 17.0 Å². The average Bonchev–Trinajstić information content (AvgIpc) is 3.03. The van der Waals surface area contributed by atoms with Crippen molar-refractivity contribution in [3.05, 3.63) is 55.5 Å². The lowest BCUT2D eigenvalue weighted by atomic mass is 10.1. The summed E-state index contributed by atoms with van der Waals surface area (Å²) in [5.41, 5.74) is 1.55. The summed E-state index contributed by atoms with van der Waals surface area (Å²) in [5, 5.41) is 13.8. The van der Waals surface area contributed by atoms with E-state index in [-0.39, 0.29) is 25.7 Å². The molecule has 0 radical (unpaired) electrons. The fourth-order valence-corrected chi connectivity index (χ4v) is 2.88. The van der Waals surface area contributed by atoms with Crippen molar-refractivity contribution in [2.45, 2.75) is 20.1 Å². The number of rotatable bonds is 5. The van der Waals surface area contributed by atoms with Gasteiger partial charge in [-0.2, -0.15) is 0 Å². The molecule has 130 valence electrons. The van der Waals surface area contributed by atoms with E-state index in [2.05, 4.69) is 4.98 Å². The number of esters is 1. The van der Waals surface area contributed by atoms with Crippen LogP contribution in [0.25, 0.3) is 6.08 Å². The Kier molecular flexibility index (Phi) is 5.05. The Morgan fingerprint density at radius 2 is 2.36 bits per heavy atom. The molecule has 25 heavy (non-hydrogen) atoms. The van der Waals surface area contributed by atoms with E-state index in [9.17, 15) is 14.9 Å². The Hall–Kier alpha value is -2.78. The number of hydrogen-bond acceptors (Lipinski definition) is 8. The van der Waals surface area contributed by atoms with Crippen LogP contribution in [0.5, 0.6) is 5.75 Å². The van der Waals surface area contributed by atoms with E-state index in [4.69, 9.17) is 14.2 Å². The summed E-state index contributed by atoms with van der Waals surface area (Å²) in [6, 6.07) is 2.73. The molecule has 0 spiro atoms. The molecule has 1 aromatic heterocycles. The molecule has 0 atom stereocenters. The standard InChI is InChI=1S/C16H14N2O6S/c1-10-17-13(8-25-10)2-3-15(19)23-7-12-5-14(18(20)21)4-11-6-22-9-24-16(11)12/h2-5,8H,6-7,9H2,1H3/b3-2+. The first kappa shape index (κ1) is 17.1. The van der Waals surface area contributed by atoms with Crippen LogP contribution in [-0.2, 0) is 27.5 Å². The first-order valence-electron chi connectivity index (χ1n) is 7.30. The van der Waals surface area contributed by atoms with Gasteiger partial charge in [0.25, 0.3) is 5.69 Å². The van der Waals surface area contributed by atoms with Gasteiger partial charge in [0.15, 0.2) is 6.79 Å². The normalized spacial score (nSPS) is 13.3. The first-order valence-corrected chi connectivity index (χ1v) is 8.18. The van der Waals surface area contributed by atoms with Crippen LogP contribution >= 0.6 is 11.3 Å². The first-order chi connectivity index (χ1) is 12.0. The van der Waals surface area contributed by atoms with Gasteiger partial charge in [-0.25, -0.2) is 9.78 Å². The van der Waals surface area contributed by atoms with E-state index in [1.165, 1.54) is 29.5 Å². The summed E-state index contributed by atoms with van der Waals surface area (Å²) >= 11 is 1.48. The van der Waals surface area contributed by atoms with Crippen molar-refractivity contribution in [3.63, 3.8) is 0 Å². The summed E-state index contributed by atoms with van der Waals surface area (Å²) in [7, 11) is 0. The number of nitro benzene ring substituents is 1. The van der Waals surface area contributed by atoms with Crippen LogP contribution in [0.4, 0.5) is 5.69 Å². The highest BCUT2D eigenvalue weighted by Crippen LogP contribution is 2.33. The second-order valence-electron chi connectivity index (χ2n) is 5.19. The molecule has 9 heteroatoms. The fraction of sp³-hybridized carbons (Fsp3) is 0.250. The van der Waals surface area contributed by atoms with Gasteiger partial charge in [0.2, 0.25) is 0 Å². The molecule has 0 saturated carbocycles. The lowest BCUT2D eigenvalue weighted by Crippen LogP contribution is -2.14. The number of benzene rings is 1. The number of carbonyl (C=O) groups excluding carboxylic acids is 1. The summed E-state index contributed by atoms with van der Waals surface area (Å²) in [5.74, 6) is -0.110. The number of non-ortho nitro benzene ring substituents is 1. The molecule has 1 aliphatic heterocycles. The van der Waals surface area contributed by atoms with Gasteiger partial charge in [0.1, 0.15) is 12.4 Å². The topological polar surface area (TPSA) is 101 Å². The monoisotopic (exact) mass is 362 g/mol. The van der Waals surface area contributed by atoms with Gasteiger partial charge < -0.3 is 14.2 Å². The van der Waals surface area contributed by atoms with Crippen LogP contribution in [0.1, 0.15) is 21.8 Å². The molecule has 3 rings (SSSR count). The molecule has 1 aliphatic rings. The zero-order valence-electron chi connectivity index (χ0n) is 13.3. The number of hydrogen-bond donors (Lipinski definition) is 0. The Balaban J connectivity index is 1.71. The second-order valence-corrected chi connectivity index (χ2v) is 6.26. The van der Waals surface area contributed by atoms with Gasteiger partial charge in [0.05, 0.1) is 22.2 Å². The summed E-state index contributed by atoms with van der Waals surface area (Å²) < 4.78 is 15.7. The number of ether oxygens (including phenoxy) is 3. The van der Waals surface area contributed by atoms with Crippen LogP contribution < -0.4 is 4.74 Å². The molecular formula is C16H14N2O6S. The molecule has 2 heterocycles. The van der Waals surface area contributed by atoms with Crippen molar-refractivity contribution in [2.75, 3.05) is 6.79 Å². The van der Waals surface area contributed by atoms with Gasteiger partial charge in [-0.3, -0.25) is 10.1 Å². The van der Waals surface area contributed by atoms with E-state index < -0.39 is 10.9 Å².